The summed E-state index contributed by atoms with van der Waals surface area (Å²) < 4.78 is 6.61. The van der Waals surface area contributed by atoms with Gasteiger partial charge in [0, 0.05) is 5.02 Å². The first-order valence-corrected chi connectivity index (χ1v) is 9.41. The van der Waals surface area contributed by atoms with E-state index in [-0.39, 0.29) is 5.91 Å². The molecule has 23 heavy (non-hydrogen) atoms. The minimum Gasteiger partial charge on any atom is -0.481 e. The zero-order valence-electron chi connectivity index (χ0n) is 13.1. The van der Waals surface area contributed by atoms with Crippen LogP contribution < -0.4 is 10.1 Å². The molecular weight excluding hydrogens is 354 g/mol. The van der Waals surface area contributed by atoms with Crippen molar-refractivity contribution in [3.05, 3.63) is 28.8 Å². The predicted molar refractivity (Wildman–Crippen MR) is 95.8 cm³/mol. The van der Waals surface area contributed by atoms with E-state index in [0.717, 1.165) is 15.7 Å². The third-order valence-electron chi connectivity index (χ3n) is 2.98. The summed E-state index contributed by atoms with van der Waals surface area (Å²) in [5.74, 6) is 1.30. The standard InChI is InChI=1S/C15H18ClN3O2S2/c1-4-12(21-10-6-7-11(16)9(3)8-10)13(20)17-14-18-19-15(23-14)22-5-2/h6-8,12H,4-5H2,1-3H3,(H,17,18,20)/t12-/m0/s1. The van der Waals surface area contributed by atoms with Crippen LogP contribution in [0.5, 0.6) is 5.75 Å². The number of carbonyl (C=O) groups excluding carboxylic acids is 1. The van der Waals surface area contributed by atoms with Crippen LogP contribution in [0.25, 0.3) is 0 Å². The normalized spacial score (nSPS) is 12.0. The molecule has 8 heteroatoms. The summed E-state index contributed by atoms with van der Waals surface area (Å²) >= 11 is 8.95. The van der Waals surface area contributed by atoms with Gasteiger partial charge in [0.1, 0.15) is 5.75 Å². The molecule has 124 valence electrons. The van der Waals surface area contributed by atoms with Crippen LogP contribution in [0.1, 0.15) is 25.8 Å². The smallest absolute Gasteiger partial charge is 0.267 e. The average Bonchev–Trinajstić information content (AvgIpc) is 2.95. The first-order chi connectivity index (χ1) is 11.0. The van der Waals surface area contributed by atoms with E-state index >= 15 is 0 Å². The maximum absolute atomic E-state index is 12.3. The molecule has 1 aromatic carbocycles. The third-order valence-corrected chi connectivity index (χ3v) is 5.25. The number of halogens is 1. The van der Waals surface area contributed by atoms with Crippen molar-refractivity contribution in [3.63, 3.8) is 0 Å². The SMILES string of the molecule is CCSc1nnc(NC(=O)[C@H](CC)Oc2ccc(Cl)c(C)c2)s1. The number of hydrogen-bond donors (Lipinski definition) is 1. The van der Waals surface area contributed by atoms with E-state index in [4.69, 9.17) is 16.3 Å². The molecule has 0 spiro atoms. The van der Waals surface area contributed by atoms with Crippen molar-refractivity contribution in [1.29, 1.82) is 0 Å². The van der Waals surface area contributed by atoms with Gasteiger partial charge in [0.15, 0.2) is 10.4 Å². The van der Waals surface area contributed by atoms with Crippen molar-refractivity contribution < 1.29 is 9.53 Å². The summed E-state index contributed by atoms with van der Waals surface area (Å²) in [6.07, 6.45) is -0.0511. The van der Waals surface area contributed by atoms with Crippen LogP contribution in [0.4, 0.5) is 5.13 Å². The highest BCUT2D eigenvalue weighted by molar-refractivity contribution is 8.01. The fourth-order valence-corrected chi connectivity index (χ4v) is 3.57. The summed E-state index contributed by atoms with van der Waals surface area (Å²) in [6.45, 7) is 5.83. The Hall–Kier alpha value is -1.31. The molecule has 0 aliphatic rings. The van der Waals surface area contributed by atoms with Gasteiger partial charge < -0.3 is 4.74 Å². The lowest BCUT2D eigenvalue weighted by molar-refractivity contribution is -0.122. The number of carbonyl (C=O) groups is 1. The van der Waals surface area contributed by atoms with Gasteiger partial charge in [-0.1, -0.05) is 48.5 Å². The second kappa shape index (κ2) is 8.52. The van der Waals surface area contributed by atoms with Gasteiger partial charge in [0.25, 0.3) is 5.91 Å². The van der Waals surface area contributed by atoms with Gasteiger partial charge in [-0.25, -0.2) is 0 Å². The molecule has 1 N–H and O–H groups in total. The largest absolute Gasteiger partial charge is 0.481 e. The number of nitrogens with one attached hydrogen (secondary N) is 1. The maximum atomic E-state index is 12.3. The van der Waals surface area contributed by atoms with Crippen molar-refractivity contribution in [1.82, 2.24) is 10.2 Å². The van der Waals surface area contributed by atoms with Crippen LogP contribution >= 0.6 is 34.7 Å². The van der Waals surface area contributed by atoms with Crippen LogP contribution in [0, 0.1) is 6.92 Å². The lowest BCUT2D eigenvalue weighted by Crippen LogP contribution is -2.32. The number of rotatable bonds is 7. The predicted octanol–water partition coefficient (Wildman–Crippen LogP) is 4.41. The van der Waals surface area contributed by atoms with Gasteiger partial charge in [-0.2, -0.15) is 0 Å². The van der Waals surface area contributed by atoms with Crippen LogP contribution in [0.15, 0.2) is 22.5 Å². The Balaban J connectivity index is 2.01. The molecule has 0 aliphatic heterocycles. The number of hydrogen-bond acceptors (Lipinski definition) is 6. The lowest BCUT2D eigenvalue weighted by atomic mass is 10.2. The third kappa shape index (κ3) is 5.09. The quantitative estimate of drug-likeness (QED) is 0.577. The number of aryl methyl sites for hydroxylation is 1. The van der Waals surface area contributed by atoms with E-state index in [0.29, 0.717) is 22.3 Å². The minimum atomic E-state index is -0.596. The van der Waals surface area contributed by atoms with Crippen molar-refractivity contribution in [2.24, 2.45) is 0 Å². The highest BCUT2D eigenvalue weighted by Crippen LogP contribution is 2.26. The van der Waals surface area contributed by atoms with Crippen molar-refractivity contribution in [2.45, 2.75) is 37.6 Å². The van der Waals surface area contributed by atoms with Crippen molar-refractivity contribution in [2.75, 3.05) is 11.1 Å². The highest BCUT2D eigenvalue weighted by Gasteiger charge is 2.20. The van der Waals surface area contributed by atoms with E-state index < -0.39 is 6.10 Å². The van der Waals surface area contributed by atoms with Gasteiger partial charge in [-0.3, -0.25) is 10.1 Å². The molecule has 0 saturated carbocycles. The zero-order valence-corrected chi connectivity index (χ0v) is 15.5. The Kier molecular flexibility index (Phi) is 6.68. The van der Waals surface area contributed by atoms with Gasteiger partial charge in [-0.05, 0) is 42.9 Å². The van der Waals surface area contributed by atoms with Gasteiger partial charge >= 0.3 is 0 Å². The fourth-order valence-electron chi connectivity index (χ4n) is 1.80. The molecule has 1 atom stereocenters. The monoisotopic (exact) mass is 371 g/mol. The number of amides is 1. The van der Waals surface area contributed by atoms with E-state index in [1.165, 1.54) is 11.3 Å². The van der Waals surface area contributed by atoms with E-state index in [2.05, 4.69) is 15.5 Å². The van der Waals surface area contributed by atoms with Crippen LogP contribution in [-0.2, 0) is 4.79 Å². The summed E-state index contributed by atoms with van der Waals surface area (Å²) in [5, 5.41) is 11.9. The molecule has 1 amide bonds. The second-order valence-electron chi connectivity index (χ2n) is 4.72. The Morgan fingerprint density at radius 3 is 2.87 bits per heavy atom. The molecule has 0 fully saturated rings. The summed E-state index contributed by atoms with van der Waals surface area (Å²) in [6, 6.07) is 5.33. The van der Waals surface area contributed by atoms with Crippen LogP contribution in [-0.4, -0.2) is 28.0 Å². The molecule has 0 aliphatic carbocycles. The van der Waals surface area contributed by atoms with E-state index in [1.54, 1.807) is 23.9 Å². The van der Waals surface area contributed by atoms with E-state index in [1.807, 2.05) is 26.8 Å². The number of thioether (sulfide) groups is 1. The highest BCUT2D eigenvalue weighted by atomic mass is 35.5. The van der Waals surface area contributed by atoms with Crippen molar-refractivity contribution in [3.8, 4) is 5.75 Å². The molecule has 2 rings (SSSR count). The Morgan fingerprint density at radius 1 is 1.43 bits per heavy atom. The number of benzene rings is 1. The zero-order chi connectivity index (χ0) is 16.8. The molecule has 0 bridgehead atoms. The van der Waals surface area contributed by atoms with Crippen LogP contribution in [0.2, 0.25) is 5.02 Å². The molecule has 2 aromatic rings. The van der Waals surface area contributed by atoms with Gasteiger partial charge in [-0.15, -0.1) is 10.2 Å². The summed E-state index contributed by atoms with van der Waals surface area (Å²) in [7, 11) is 0. The second-order valence-corrected chi connectivity index (χ2v) is 7.62. The molecule has 0 radical (unpaired) electrons. The number of aromatic nitrogens is 2. The lowest BCUT2D eigenvalue weighted by Gasteiger charge is -2.16. The Morgan fingerprint density at radius 2 is 2.22 bits per heavy atom. The van der Waals surface area contributed by atoms with Crippen molar-refractivity contribution >= 4 is 45.7 Å². The molecule has 0 saturated heterocycles. The van der Waals surface area contributed by atoms with Crippen LogP contribution in [0.3, 0.4) is 0 Å². The topological polar surface area (TPSA) is 64.1 Å². The molecular formula is C15H18ClN3O2S2. The summed E-state index contributed by atoms with van der Waals surface area (Å²) in [4.78, 5) is 12.3. The number of anilines is 1. The number of nitrogens with zero attached hydrogens (tertiary/aromatic N) is 2. The molecule has 0 unspecified atom stereocenters. The molecule has 1 heterocycles. The fraction of sp³-hybridized carbons (Fsp3) is 0.400. The first-order valence-electron chi connectivity index (χ1n) is 7.23. The van der Waals surface area contributed by atoms with Gasteiger partial charge in [0.05, 0.1) is 0 Å². The minimum absolute atomic E-state index is 0.232. The van der Waals surface area contributed by atoms with Gasteiger partial charge in [0.2, 0.25) is 5.13 Å². The van der Waals surface area contributed by atoms with E-state index in [9.17, 15) is 4.79 Å². The Bertz CT molecular complexity index is 678. The average molecular weight is 372 g/mol. The number of ether oxygens (including phenoxy) is 1. The first kappa shape index (κ1) is 18.0. The molecule has 1 aromatic heterocycles. The maximum Gasteiger partial charge on any atom is 0.267 e. The summed E-state index contributed by atoms with van der Waals surface area (Å²) in [5.41, 5.74) is 0.907. The Labute approximate surface area is 148 Å². The molecule has 5 nitrogen and oxygen atoms in total.